The summed E-state index contributed by atoms with van der Waals surface area (Å²) < 4.78 is 11.9. The van der Waals surface area contributed by atoms with Gasteiger partial charge in [-0.3, -0.25) is 4.79 Å². The van der Waals surface area contributed by atoms with Gasteiger partial charge in [-0.05, 0) is 38.2 Å². The van der Waals surface area contributed by atoms with Crippen molar-refractivity contribution in [2.75, 3.05) is 26.3 Å². The van der Waals surface area contributed by atoms with Gasteiger partial charge in [0.25, 0.3) is 0 Å². The van der Waals surface area contributed by atoms with Crippen molar-refractivity contribution in [2.45, 2.75) is 44.1 Å². The number of aromatic nitrogens is 1. The van der Waals surface area contributed by atoms with E-state index in [1.54, 1.807) is 6.20 Å². The van der Waals surface area contributed by atoms with E-state index < -0.39 is 0 Å². The molecule has 134 valence electrons. The first-order chi connectivity index (χ1) is 12.3. The molecule has 1 aromatic rings. The molecule has 1 spiro atoms. The predicted octanol–water partition coefficient (Wildman–Crippen LogP) is 2.97. The van der Waals surface area contributed by atoms with Gasteiger partial charge in [-0.15, -0.1) is 0 Å². The molecule has 1 aliphatic carbocycles. The van der Waals surface area contributed by atoms with Crippen molar-refractivity contribution < 1.29 is 14.3 Å². The van der Waals surface area contributed by atoms with Crippen molar-refractivity contribution >= 4 is 5.91 Å². The maximum atomic E-state index is 12.5. The number of allylic oxidation sites excluding steroid dienone is 1. The number of nitrogens with zero attached hydrogens (tertiary/aromatic N) is 2. The fraction of sp³-hybridized carbons (Fsp3) is 0.600. The molecular weight excluding hydrogens is 316 g/mol. The molecule has 3 heterocycles. The summed E-state index contributed by atoms with van der Waals surface area (Å²) in [7, 11) is 0. The van der Waals surface area contributed by atoms with E-state index in [9.17, 15) is 4.79 Å². The first kappa shape index (κ1) is 16.6. The fourth-order valence-corrected chi connectivity index (χ4v) is 4.14. The molecule has 1 atom stereocenters. The molecule has 4 rings (SSSR count). The largest absolute Gasteiger partial charge is 0.477 e. The second kappa shape index (κ2) is 7.16. The monoisotopic (exact) mass is 342 g/mol. The average Bonchev–Trinajstić information content (AvgIpc) is 3.04. The lowest BCUT2D eigenvalue weighted by Gasteiger charge is -2.50. The lowest BCUT2D eigenvalue weighted by molar-refractivity contribution is -0.166. The van der Waals surface area contributed by atoms with E-state index in [0.29, 0.717) is 37.9 Å². The van der Waals surface area contributed by atoms with Crippen LogP contribution in [0.1, 0.15) is 38.5 Å². The van der Waals surface area contributed by atoms with Crippen molar-refractivity contribution in [3.63, 3.8) is 0 Å². The van der Waals surface area contributed by atoms with Crippen LogP contribution in [-0.2, 0) is 9.53 Å². The zero-order valence-electron chi connectivity index (χ0n) is 14.7. The summed E-state index contributed by atoms with van der Waals surface area (Å²) >= 11 is 0. The van der Waals surface area contributed by atoms with Crippen LogP contribution in [0.15, 0.2) is 36.0 Å². The maximum absolute atomic E-state index is 12.5. The highest BCUT2D eigenvalue weighted by molar-refractivity contribution is 5.80. The summed E-state index contributed by atoms with van der Waals surface area (Å²) in [6.45, 7) is 2.76. The minimum absolute atomic E-state index is 0.203. The molecule has 0 unspecified atom stereocenters. The van der Waals surface area contributed by atoms with Crippen LogP contribution in [0.4, 0.5) is 0 Å². The van der Waals surface area contributed by atoms with Gasteiger partial charge < -0.3 is 14.4 Å². The summed E-state index contributed by atoms with van der Waals surface area (Å²) in [4.78, 5) is 18.7. The molecule has 3 aliphatic rings. The van der Waals surface area contributed by atoms with Crippen LogP contribution in [0.25, 0.3) is 0 Å². The number of amides is 1. The summed E-state index contributed by atoms with van der Waals surface area (Å²) in [5.41, 5.74) is 1.12. The van der Waals surface area contributed by atoms with Crippen LogP contribution in [-0.4, -0.2) is 47.7 Å². The minimum atomic E-state index is -0.203. The molecule has 0 radical (unpaired) electrons. The van der Waals surface area contributed by atoms with Crippen LogP contribution < -0.4 is 4.74 Å². The van der Waals surface area contributed by atoms with Gasteiger partial charge in [0.2, 0.25) is 11.8 Å². The van der Waals surface area contributed by atoms with Crippen LogP contribution in [0.5, 0.6) is 5.88 Å². The molecule has 2 aliphatic heterocycles. The highest BCUT2D eigenvalue weighted by atomic mass is 16.5. The van der Waals surface area contributed by atoms with Crippen molar-refractivity contribution in [1.29, 1.82) is 0 Å². The zero-order chi connectivity index (χ0) is 17.1. The van der Waals surface area contributed by atoms with Gasteiger partial charge in [0.05, 0.1) is 19.7 Å². The first-order valence-corrected chi connectivity index (χ1v) is 9.39. The molecule has 0 bridgehead atoms. The van der Waals surface area contributed by atoms with E-state index in [2.05, 4.69) is 11.1 Å². The van der Waals surface area contributed by atoms with Gasteiger partial charge in [0, 0.05) is 31.2 Å². The Labute approximate surface area is 149 Å². The van der Waals surface area contributed by atoms with E-state index in [4.69, 9.17) is 9.47 Å². The summed E-state index contributed by atoms with van der Waals surface area (Å²) in [5.74, 6) is 1.23. The van der Waals surface area contributed by atoms with E-state index in [1.165, 1.54) is 18.4 Å². The minimum Gasteiger partial charge on any atom is -0.477 e. The average molecular weight is 342 g/mol. The Kier molecular flexibility index (Phi) is 4.75. The number of ether oxygens (including phenoxy) is 2. The second-order valence-electron chi connectivity index (χ2n) is 7.41. The normalized spacial score (nSPS) is 24.7. The van der Waals surface area contributed by atoms with Crippen LogP contribution in [0.3, 0.4) is 0 Å². The molecular formula is C20H26N2O3. The van der Waals surface area contributed by atoms with E-state index in [1.807, 2.05) is 23.1 Å². The zero-order valence-corrected chi connectivity index (χ0v) is 14.7. The van der Waals surface area contributed by atoms with Gasteiger partial charge in [0.15, 0.2) is 0 Å². The summed E-state index contributed by atoms with van der Waals surface area (Å²) in [5, 5.41) is 0. The van der Waals surface area contributed by atoms with Gasteiger partial charge >= 0.3 is 0 Å². The third-order valence-corrected chi connectivity index (χ3v) is 5.70. The number of likely N-dealkylation sites (tertiary alicyclic amines) is 1. The number of pyridine rings is 1. The quantitative estimate of drug-likeness (QED) is 0.772. The fourth-order valence-electron chi connectivity index (χ4n) is 4.14. The standard InChI is InChI=1S/C20H26N2O3/c23-19(12-16-6-2-1-3-7-16)22-14-20(15-22)17(9-11-25-20)13-24-18-8-4-5-10-21-18/h4-6,8,10,17H,1-3,7,9,11-15H2/t17-/m1/s1. The highest BCUT2D eigenvalue weighted by Gasteiger charge is 2.54. The number of carbonyl (C=O) groups is 1. The van der Waals surface area contributed by atoms with Crippen LogP contribution in [0.2, 0.25) is 0 Å². The molecule has 0 aromatic carbocycles. The Morgan fingerprint density at radius 3 is 3.04 bits per heavy atom. The SMILES string of the molecule is O=C(CC1=CCCCC1)N1CC2(C1)OCC[C@@H]2COc1ccccn1. The lowest BCUT2D eigenvalue weighted by Crippen LogP contribution is -2.66. The Balaban J connectivity index is 1.29. The Morgan fingerprint density at radius 2 is 2.28 bits per heavy atom. The molecule has 2 saturated heterocycles. The van der Waals surface area contributed by atoms with Gasteiger partial charge in [-0.1, -0.05) is 17.7 Å². The third-order valence-electron chi connectivity index (χ3n) is 5.70. The third kappa shape index (κ3) is 3.56. The Morgan fingerprint density at radius 1 is 1.36 bits per heavy atom. The molecule has 1 aromatic heterocycles. The molecule has 1 amide bonds. The number of carbonyl (C=O) groups excluding carboxylic acids is 1. The van der Waals surface area contributed by atoms with Crippen molar-refractivity contribution in [3.8, 4) is 5.88 Å². The van der Waals surface area contributed by atoms with Gasteiger partial charge in [-0.2, -0.15) is 0 Å². The summed E-state index contributed by atoms with van der Waals surface area (Å²) in [6.07, 6.45) is 10.3. The molecule has 25 heavy (non-hydrogen) atoms. The first-order valence-electron chi connectivity index (χ1n) is 9.39. The number of hydrogen-bond donors (Lipinski definition) is 0. The summed E-state index contributed by atoms with van der Waals surface area (Å²) in [6, 6.07) is 5.67. The van der Waals surface area contributed by atoms with Gasteiger partial charge in [-0.25, -0.2) is 4.98 Å². The van der Waals surface area contributed by atoms with Crippen LogP contribution in [0, 0.1) is 5.92 Å². The lowest BCUT2D eigenvalue weighted by atomic mass is 9.81. The second-order valence-corrected chi connectivity index (χ2v) is 7.41. The van der Waals surface area contributed by atoms with E-state index >= 15 is 0 Å². The van der Waals surface area contributed by atoms with Crippen LogP contribution >= 0.6 is 0 Å². The Hall–Kier alpha value is -1.88. The van der Waals surface area contributed by atoms with Gasteiger partial charge in [0.1, 0.15) is 5.60 Å². The van der Waals surface area contributed by atoms with E-state index in [-0.39, 0.29) is 11.5 Å². The molecule has 5 heteroatoms. The molecule has 2 fully saturated rings. The van der Waals surface area contributed by atoms with Crippen molar-refractivity contribution in [3.05, 3.63) is 36.0 Å². The molecule has 0 N–H and O–H groups in total. The smallest absolute Gasteiger partial charge is 0.226 e. The molecule has 5 nitrogen and oxygen atoms in total. The van der Waals surface area contributed by atoms with Crippen molar-refractivity contribution in [1.82, 2.24) is 9.88 Å². The predicted molar refractivity (Wildman–Crippen MR) is 94.3 cm³/mol. The van der Waals surface area contributed by atoms with E-state index in [0.717, 1.165) is 25.9 Å². The Bertz CT molecular complexity index is 638. The van der Waals surface area contributed by atoms with Crippen molar-refractivity contribution in [2.24, 2.45) is 5.92 Å². The number of rotatable bonds is 5. The topological polar surface area (TPSA) is 51.7 Å². The molecule has 0 saturated carbocycles. The maximum Gasteiger partial charge on any atom is 0.226 e. The number of hydrogen-bond acceptors (Lipinski definition) is 4. The highest BCUT2D eigenvalue weighted by Crippen LogP contribution is 2.40.